The number of imidazole rings is 1. The number of nitrogen functional groups attached to an aromatic ring is 1. The highest BCUT2D eigenvalue weighted by Crippen LogP contribution is 2.18. The molecule has 1 aromatic carbocycles. The van der Waals surface area contributed by atoms with Gasteiger partial charge in [0.1, 0.15) is 11.3 Å². The minimum atomic E-state index is -0.260. The number of nitrogens with two attached hydrogens (primary N) is 1. The van der Waals surface area contributed by atoms with Crippen LogP contribution < -0.4 is 5.73 Å². The number of hydrogen-bond acceptors (Lipinski definition) is 3. The van der Waals surface area contributed by atoms with E-state index < -0.39 is 0 Å². The van der Waals surface area contributed by atoms with Gasteiger partial charge in [0.15, 0.2) is 5.65 Å². The molecule has 2 N–H and O–H groups in total. The number of nitrogens with zero attached hydrogens (tertiary/aromatic N) is 3. The molecule has 0 aliphatic carbocycles. The van der Waals surface area contributed by atoms with Gasteiger partial charge in [-0.2, -0.15) is 0 Å². The van der Waals surface area contributed by atoms with E-state index >= 15 is 0 Å². The Hall–Kier alpha value is -2.43. The number of benzene rings is 1. The van der Waals surface area contributed by atoms with Gasteiger partial charge in [-0.1, -0.05) is 12.1 Å². The first kappa shape index (κ1) is 11.6. The Labute approximate surface area is 109 Å². The summed E-state index contributed by atoms with van der Waals surface area (Å²) in [6.45, 7) is 2.41. The van der Waals surface area contributed by atoms with E-state index in [-0.39, 0.29) is 5.82 Å². The molecule has 0 saturated carbocycles. The molecule has 96 valence electrons. The summed E-state index contributed by atoms with van der Waals surface area (Å²) in [5, 5.41) is 0. The van der Waals surface area contributed by atoms with Gasteiger partial charge in [0.25, 0.3) is 0 Å². The lowest BCUT2D eigenvalue weighted by atomic mass is 10.2. The normalized spacial score (nSPS) is 11.1. The summed E-state index contributed by atoms with van der Waals surface area (Å²) >= 11 is 0. The molecule has 0 radical (unpaired) electrons. The molecule has 19 heavy (non-hydrogen) atoms. The number of aryl methyl sites for hydroxylation is 1. The van der Waals surface area contributed by atoms with E-state index in [1.165, 1.54) is 12.1 Å². The molecule has 2 heterocycles. The lowest BCUT2D eigenvalue weighted by molar-refractivity contribution is 0.624. The van der Waals surface area contributed by atoms with Crippen molar-refractivity contribution in [2.24, 2.45) is 0 Å². The lowest BCUT2D eigenvalue weighted by Gasteiger charge is -2.06. The molecular weight excluding hydrogens is 243 g/mol. The topological polar surface area (TPSA) is 56.7 Å². The quantitative estimate of drug-likeness (QED) is 0.766. The average molecular weight is 256 g/mol. The maximum atomic E-state index is 13.2. The van der Waals surface area contributed by atoms with Crippen LogP contribution in [0.3, 0.4) is 0 Å². The van der Waals surface area contributed by atoms with E-state index in [9.17, 15) is 4.39 Å². The second kappa shape index (κ2) is 4.35. The number of hydrogen-bond donors (Lipinski definition) is 1. The Morgan fingerprint density at radius 1 is 1.32 bits per heavy atom. The summed E-state index contributed by atoms with van der Waals surface area (Å²) in [6.07, 6.45) is 1.77. The zero-order valence-corrected chi connectivity index (χ0v) is 10.5. The summed E-state index contributed by atoms with van der Waals surface area (Å²) < 4.78 is 15.0. The number of fused-ring (bicyclic) bond motifs is 1. The van der Waals surface area contributed by atoms with Gasteiger partial charge in [0.2, 0.25) is 5.95 Å². The van der Waals surface area contributed by atoms with Crippen molar-refractivity contribution in [3.63, 3.8) is 0 Å². The fourth-order valence-corrected chi connectivity index (χ4v) is 2.10. The van der Waals surface area contributed by atoms with Crippen LogP contribution in [0.5, 0.6) is 0 Å². The van der Waals surface area contributed by atoms with Crippen molar-refractivity contribution in [1.29, 1.82) is 0 Å². The predicted octanol–water partition coefficient (Wildman–Crippen LogP) is 2.51. The van der Waals surface area contributed by atoms with Crippen LogP contribution in [0.25, 0.3) is 11.2 Å². The molecule has 0 saturated heterocycles. The third-order valence-electron chi connectivity index (χ3n) is 2.98. The molecule has 4 nitrogen and oxygen atoms in total. The maximum absolute atomic E-state index is 13.2. The van der Waals surface area contributed by atoms with Crippen LogP contribution in [0.2, 0.25) is 0 Å². The van der Waals surface area contributed by atoms with Crippen LogP contribution in [0.15, 0.2) is 36.5 Å². The highest BCUT2D eigenvalue weighted by Gasteiger charge is 2.10. The summed E-state index contributed by atoms with van der Waals surface area (Å²) in [6, 6.07) is 8.36. The van der Waals surface area contributed by atoms with Gasteiger partial charge in [0, 0.05) is 6.20 Å². The molecule has 0 aliphatic heterocycles. The third kappa shape index (κ3) is 2.14. The van der Waals surface area contributed by atoms with Crippen molar-refractivity contribution in [3.8, 4) is 0 Å². The molecule has 5 heteroatoms. The van der Waals surface area contributed by atoms with Crippen molar-refractivity contribution in [3.05, 3.63) is 53.5 Å². The molecular formula is C14H13FN4. The fraction of sp³-hybridized carbons (Fsp3) is 0.143. The van der Waals surface area contributed by atoms with E-state index in [0.717, 1.165) is 16.6 Å². The van der Waals surface area contributed by atoms with Gasteiger partial charge in [-0.3, -0.25) is 4.57 Å². The average Bonchev–Trinajstić information content (AvgIpc) is 2.65. The first-order valence-electron chi connectivity index (χ1n) is 5.96. The SMILES string of the molecule is Cc1cnc2c(c1)nc(N)n2Cc1cccc(F)c1. The van der Waals surface area contributed by atoms with Gasteiger partial charge in [0.05, 0.1) is 6.54 Å². The maximum Gasteiger partial charge on any atom is 0.202 e. The summed E-state index contributed by atoms with van der Waals surface area (Å²) in [5.41, 5.74) is 9.24. The molecule has 0 spiro atoms. The van der Waals surface area contributed by atoms with Crippen LogP contribution in [0.4, 0.5) is 10.3 Å². The van der Waals surface area contributed by atoms with Crippen molar-refractivity contribution >= 4 is 17.1 Å². The summed E-state index contributed by atoms with van der Waals surface area (Å²) in [5.74, 6) is 0.127. The van der Waals surface area contributed by atoms with E-state index in [1.54, 1.807) is 16.8 Å². The molecule has 0 aliphatic rings. The predicted molar refractivity (Wildman–Crippen MR) is 72.2 cm³/mol. The third-order valence-corrected chi connectivity index (χ3v) is 2.98. The van der Waals surface area contributed by atoms with Crippen LogP contribution in [-0.2, 0) is 6.54 Å². The van der Waals surface area contributed by atoms with Crippen molar-refractivity contribution in [2.45, 2.75) is 13.5 Å². The summed E-state index contributed by atoms with van der Waals surface area (Å²) in [7, 11) is 0. The molecule has 3 rings (SSSR count). The highest BCUT2D eigenvalue weighted by molar-refractivity contribution is 5.74. The Kier molecular flexibility index (Phi) is 2.67. The zero-order valence-electron chi connectivity index (χ0n) is 10.5. The smallest absolute Gasteiger partial charge is 0.202 e. The van der Waals surface area contributed by atoms with Crippen LogP contribution >= 0.6 is 0 Å². The Morgan fingerprint density at radius 3 is 2.95 bits per heavy atom. The second-order valence-electron chi connectivity index (χ2n) is 4.54. The molecule has 0 atom stereocenters. The van der Waals surface area contributed by atoms with Crippen molar-refractivity contribution < 1.29 is 4.39 Å². The second-order valence-corrected chi connectivity index (χ2v) is 4.54. The molecule has 3 aromatic rings. The molecule has 0 bridgehead atoms. The first-order chi connectivity index (χ1) is 9.13. The van der Waals surface area contributed by atoms with Crippen LogP contribution in [-0.4, -0.2) is 14.5 Å². The number of pyridine rings is 1. The van der Waals surface area contributed by atoms with E-state index in [2.05, 4.69) is 9.97 Å². The number of anilines is 1. The first-order valence-corrected chi connectivity index (χ1v) is 5.96. The number of rotatable bonds is 2. The summed E-state index contributed by atoms with van der Waals surface area (Å²) in [4.78, 5) is 8.62. The van der Waals surface area contributed by atoms with Gasteiger partial charge in [-0.25, -0.2) is 14.4 Å². The number of halogens is 1. The molecule has 0 fully saturated rings. The molecule has 2 aromatic heterocycles. The van der Waals surface area contributed by atoms with Gasteiger partial charge in [-0.15, -0.1) is 0 Å². The molecule has 0 amide bonds. The highest BCUT2D eigenvalue weighted by atomic mass is 19.1. The minimum Gasteiger partial charge on any atom is -0.369 e. The van der Waals surface area contributed by atoms with Crippen molar-refractivity contribution in [1.82, 2.24) is 14.5 Å². The monoisotopic (exact) mass is 256 g/mol. The van der Waals surface area contributed by atoms with Crippen molar-refractivity contribution in [2.75, 3.05) is 5.73 Å². The fourth-order valence-electron chi connectivity index (χ4n) is 2.10. The van der Waals surface area contributed by atoms with Gasteiger partial charge >= 0.3 is 0 Å². The standard InChI is InChI=1S/C14H13FN4/c1-9-5-12-13(17-7-9)19(14(16)18-12)8-10-3-2-4-11(15)6-10/h2-7H,8H2,1H3,(H2,16,18). The largest absolute Gasteiger partial charge is 0.369 e. The van der Waals surface area contributed by atoms with E-state index in [0.29, 0.717) is 18.1 Å². The Balaban J connectivity index is 2.07. The van der Waals surface area contributed by atoms with Gasteiger partial charge < -0.3 is 5.73 Å². The zero-order chi connectivity index (χ0) is 13.4. The Morgan fingerprint density at radius 2 is 2.16 bits per heavy atom. The lowest BCUT2D eigenvalue weighted by Crippen LogP contribution is -2.05. The van der Waals surface area contributed by atoms with E-state index in [1.807, 2.05) is 19.1 Å². The minimum absolute atomic E-state index is 0.260. The van der Waals surface area contributed by atoms with Gasteiger partial charge in [-0.05, 0) is 36.2 Å². The molecule has 0 unspecified atom stereocenters. The van der Waals surface area contributed by atoms with Crippen LogP contribution in [0.1, 0.15) is 11.1 Å². The van der Waals surface area contributed by atoms with E-state index in [4.69, 9.17) is 5.73 Å². The number of aromatic nitrogens is 3. The Bertz CT molecular complexity index is 748. The van der Waals surface area contributed by atoms with Crippen LogP contribution in [0, 0.1) is 12.7 Å².